The fraction of sp³-hybridized carbons (Fsp3) is 0.250. The van der Waals surface area contributed by atoms with Gasteiger partial charge in [-0.3, -0.25) is 0 Å². The molecule has 0 atom stereocenters. The maximum Gasteiger partial charge on any atom is 0.227 e. The molecular formula is C16H15Cl2N3O. The molecule has 22 heavy (non-hydrogen) atoms. The number of halogens is 2. The highest BCUT2D eigenvalue weighted by Crippen LogP contribution is 2.29. The lowest BCUT2D eigenvalue weighted by Crippen LogP contribution is -2.04. The largest absolute Gasteiger partial charge is 0.444 e. The Morgan fingerprint density at radius 2 is 2.14 bits per heavy atom. The number of aryl methyl sites for hydroxylation is 1. The van der Waals surface area contributed by atoms with Gasteiger partial charge in [0.05, 0.1) is 22.8 Å². The van der Waals surface area contributed by atoms with Gasteiger partial charge in [0.2, 0.25) is 5.89 Å². The maximum atomic E-state index is 6.18. The van der Waals surface area contributed by atoms with Gasteiger partial charge in [-0.25, -0.2) is 9.97 Å². The molecule has 3 aromatic rings. The molecule has 0 saturated heterocycles. The van der Waals surface area contributed by atoms with Crippen LogP contribution in [0.25, 0.3) is 11.5 Å². The lowest BCUT2D eigenvalue weighted by molar-refractivity contribution is 0.570. The molecule has 1 aromatic carbocycles. The normalized spacial score (nSPS) is 11.0. The molecule has 6 heteroatoms. The highest BCUT2D eigenvalue weighted by Gasteiger charge is 2.12. The quantitative estimate of drug-likeness (QED) is 0.669. The molecule has 0 aliphatic heterocycles. The summed E-state index contributed by atoms with van der Waals surface area (Å²) in [5.41, 5.74) is 1.56. The summed E-state index contributed by atoms with van der Waals surface area (Å²) in [7, 11) is 0. The van der Waals surface area contributed by atoms with Crippen LogP contribution in [0.3, 0.4) is 0 Å². The Kier molecular flexibility index (Phi) is 4.50. The molecule has 0 fully saturated rings. The summed E-state index contributed by atoms with van der Waals surface area (Å²) in [6.07, 6.45) is 7.41. The van der Waals surface area contributed by atoms with Crippen molar-refractivity contribution in [2.45, 2.75) is 26.3 Å². The Morgan fingerprint density at radius 1 is 1.27 bits per heavy atom. The van der Waals surface area contributed by atoms with Crippen molar-refractivity contribution in [3.8, 4) is 11.5 Å². The molecule has 0 N–H and O–H groups in total. The van der Waals surface area contributed by atoms with E-state index >= 15 is 0 Å². The number of imidazole rings is 1. The third-order valence-corrected chi connectivity index (χ3v) is 3.87. The highest BCUT2D eigenvalue weighted by molar-refractivity contribution is 6.36. The van der Waals surface area contributed by atoms with Gasteiger partial charge >= 0.3 is 0 Å². The highest BCUT2D eigenvalue weighted by atomic mass is 35.5. The van der Waals surface area contributed by atoms with Crippen molar-refractivity contribution < 1.29 is 4.42 Å². The summed E-state index contributed by atoms with van der Waals surface area (Å²) < 4.78 is 7.63. The van der Waals surface area contributed by atoms with Crippen molar-refractivity contribution in [2.75, 3.05) is 0 Å². The minimum absolute atomic E-state index is 0.494. The third-order valence-electron chi connectivity index (χ3n) is 3.32. The van der Waals surface area contributed by atoms with Gasteiger partial charge in [-0.2, -0.15) is 0 Å². The molecule has 114 valence electrons. The molecule has 4 nitrogen and oxygen atoms in total. The molecule has 0 radical (unpaired) electrons. The molecule has 2 heterocycles. The van der Waals surface area contributed by atoms with Crippen molar-refractivity contribution in [1.29, 1.82) is 0 Å². The molecule has 0 bridgehead atoms. The molecule has 3 rings (SSSR count). The Labute approximate surface area is 138 Å². The Bertz CT molecular complexity index is 779. The first-order valence-corrected chi connectivity index (χ1v) is 7.83. The van der Waals surface area contributed by atoms with Gasteiger partial charge in [-0.05, 0) is 24.6 Å². The number of benzene rings is 1. The predicted octanol–water partition coefficient (Wildman–Crippen LogP) is 4.85. The molecule has 0 unspecified atom stereocenters. The zero-order valence-electron chi connectivity index (χ0n) is 12.1. The van der Waals surface area contributed by atoms with Crippen LogP contribution in [0, 0.1) is 0 Å². The van der Waals surface area contributed by atoms with Gasteiger partial charge in [0, 0.05) is 23.8 Å². The van der Waals surface area contributed by atoms with Crippen LogP contribution in [0.1, 0.15) is 24.9 Å². The molecule has 0 aliphatic carbocycles. The second-order valence-electron chi connectivity index (χ2n) is 4.99. The Hall–Kier alpha value is -1.78. The van der Waals surface area contributed by atoms with Crippen molar-refractivity contribution in [3.63, 3.8) is 0 Å². The van der Waals surface area contributed by atoms with Crippen molar-refractivity contribution in [1.82, 2.24) is 14.5 Å². The van der Waals surface area contributed by atoms with Gasteiger partial charge in [0.1, 0.15) is 12.1 Å². The van der Waals surface area contributed by atoms with Crippen LogP contribution in [0.4, 0.5) is 0 Å². The SMILES string of the molecule is CCCc1nccn1Cc1coc(-c2ccc(Cl)cc2Cl)n1. The molecule has 2 aromatic heterocycles. The number of hydrogen-bond acceptors (Lipinski definition) is 3. The average Bonchev–Trinajstić information content (AvgIpc) is 3.10. The van der Waals surface area contributed by atoms with E-state index in [1.54, 1.807) is 24.5 Å². The van der Waals surface area contributed by atoms with Crippen molar-refractivity contribution >= 4 is 23.2 Å². The lowest BCUT2D eigenvalue weighted by atomic mass is 10.2. The summed E-state index contributed by atoms with van der Waals surface area (Å²) in [4.78, 5) is 8.86. The van der Waals surface area contributed by atoms with Gasteiger partial charge in [0.15, 0.2) is 0 Å². The van der Waals surface area contributed by atoms with Crippen LogP contribution in [-0.4, -0.2) is 14.5 Å². The van der Waals surface area contributed by atoms with E-state index in [4.69, 9.17) is 27.6 Å². The van der Waals surface area contributed by atoms with Crippen LogP contribution in [-0.2, 0) is 13.0 Å². The molecule has 0 aliphatic rings. The fourth-order valence-corrected chi connectivity index (χ4v) is 2.77. The monoisotopic (exact) mass is 335 g/mol. The Morgan fingerprint density at radius 3 is 2.91 bits per heavy atom. The Balaban J connectivity index is 1.83. The zero-order chi connectivity index (χ0) is 15.5. The number of oxazole rings is 1. The minimum Gasteiger partial charge on any atom is -0.444 e. The van der Waals surface area contributed by atoms with Crippen molar-refractivity contribution in [2.24, 2.45) is 0 Å². The molecular weight excluding hydrogens is 321 g/mol. The van der Waals surface area contributed by atoms with E-state index in [-0.39, 0.29) is 0 Å². The third kappa shape index (κ3) is 3.18. The topological polar surface area (TPSA) is 43.9 Å². The van der Waals surface area contributed by atoms with Gasteiger partial charge in [0.25, 0.3) is 0 Å². The summed E-state index contributed by atoms with van der Waals surface area (Å²) >= 11 is 12.1. The van der Waals surface area contributed by atoms with Crippen LogP contribution >= 0.6 is 23.2 Å². The predicted molar refractivity (Wildman–Crippen MR) is 87.3 cm³/mol. The van der Waals surface area contributed by atoms with Crippen molar-refractivity contribution in [3.05, 3.63) is 58.4 Å². The van der Waals surface area contributed by atoms with E-state index in [2.05, 4.69) is 21.5 Å². The number of aromatic nitrogens is 3. The fourth-order valence-electron chi connectivity index (χ4n) is 2.28. The van der Waals surface area contributed by atoms with Crippen LogP contribution in [0.15, 0.2) is 41.3 Å². The van der Waals surface area contributed by atoms with E-state index < -0.39 is 0 Å². The zero-order valence-corrected chi connectivity index (χ0v) is 13.6. The smallest absolute Gasteiger partial charge is 0.227 e. The van der Waals surface area contributed by atoms with Gasteiger partial charge < -0.3 is 8.98 Å². The van der Waals surface area contributed by atoms with E-state index in [0.717, 1.165) is 29.9 Å². The summed E-state index contributed by atoms with van der Waals surface area (Å²) in [5, 5.41) is 1.11. The first-order chi connectivity index (χ1) is 10.7. The van der Waals surface area contributed by atoms with E-state index in [1.165, 1.54) is 0 Å². The average molecular weight is 336 g/mol. The second-order valence-corrected chi connectivity index (χ2v) is 5.83. The summed E-state index contributed by atoms with van der Waals surface area (Å²) in [6.45, 7) is 2.76. The van der Waals surface area contributed by atoms with E-state index in [1.807, 2.05) is 12.4 Å². The first-order valence-electron chi connectivity index (χ1n) is 7.07. The van der Waals surface area contributed by atoms with Crippen LogP contribution in [0.5, 0.6) is 0 Å². The molecule has 0 saturated carbocycles. The summed E-state index contributed by atoms with van der Waals surface area (Å²) in [5.74, 6) is 1.55. The second kappa shape index (κ2) is 6.55. The summed E-state index contributed by atoms with van der Waals surface area (Å²) in [6, 6.07) is 5.25. The first kappa shape index (κ1) is 15.1. The standard InChI is InChI=1S/C16H15Cl2N3O/c1-2-3-15-19-6-7-21(15)9-12-10-22-16(20-12)13-5-4-11(17)8-14(13)18/h4-8,10H,2-3,9H2,1H3. The number of rotatable bonds is 5. The number of nitrogens with zero attached hydrogens (tertiary/aromatic N) is 3. The van der Waals surface area contributed by atoms with Crippen LogP contribution in [0.2, 0.25) is 10.0 Å². The lowest BCUT2D eigenvalue weighted by Gasteiger charge is -2.04. The van der Waals surface area contributed by atoms with Crippen LogP contribution < -0.4 is 0 Å². The maximum absolute atomic E-state index is 6.18. The van der Waals surface area contributed by atoms with E-state index in [0.29, 0.717) is 22.5 Å². The molecule has 0 amide bonds. The number of hydrogen-bond donors (Lipinski definition) is 0. The minimum atomic E-state index is 0.494. The van der Waals surface area contributed by atoms with Gasteiger partial charge in [-0.1, -0.05) is 30.1 Å². The van der Waals surface area contributed by atoms with Gasteiger partial charge in [-0.15, -0.1) is 0 Å². The molecule has 0 spiro atoms. The van der Waals surface area contributed by atoms with E-state index in [9.17, 15) is 0 Å².